The molecule has 3 heterocycles. The molecule has 0 spiro atoms. The fraction of sp³-hybridized carbons (Fsp3) is 0.368. The number of para-hydroxylation sites is 1. The summed E-state index contributed by atoms with van der Waals surface area (Å²) >= 11 is 0. The molecule has 1 aliphatic heterocycles. The number of likely N-dealkylation sites (tertiary alicyclic amines) is 1. The van der Waals surface area contributed by atoms with Crippen molar-refractivity contribution in [2.24, 2.45) is 0 Å². The number of hydrogen-bond donors (Lipinski definition) is 1. The first kappa shape index (κ1) is 15.9. The summed E-state index contributed by atoms with van der Waals surface area (Å²) in [4.78, 5) is 16.4. The highest BCUT2D eigenvalue weighted by molar-refractivity contribution is 5.85. The van der Waals surface area contributed by atoms with E-state index in [1.807, 2.05) is 12.1 Å². The molecule has 0 radical (unpaired) electrons. The molecule has 1 unspecified atom stereocenters. The Morgan fingerprint density at radius 3 is 2.64 bits per heavy atom. The quantitative estimate of drug-likeness (QED) is 0.559. The van der Waals surface area contributed by atoms with E-state index in [0.29, 0.717) is 5.76 Å². The maximum absolute atomic E-state index is 11.1. The number of benzene rings is 1. The van der Waals surface area contributed by atoms with E-state index in [0.717, 1.165) is 48.1 Å². The topological polar surface area (TPSA) is 75.3 Å². The number of hydrogen-bond acceptors (Lipinski definition) is 4. The highest BCUT2D eigenvalue weighted by atomic mass is 16.6. The van der Waals surface area contributed by atoms with Crippen LogP contribution < -0.4 is 0 Å². The fourth-order valence-electron chi connectivity index (χ4n) is 3.92. The van der Waals surface area contributed by atoms with Crippen LogP contribution in [0, 0.1) is 17.0 Å². The molecule has 25 heavy (non-hydrogen) atoms. The normalized spacial score (nSPS) is 17.0. The lowest BCUT2D eigenvalue weighted by Gasteiger charge is -2.33. The summed E-state index contributed by atoms with van der Waals surface area (Å²) in [5.41, 5.74) is 3.32. The summed E-state index contributed by atoms with van der Waals surface area (Å²) in [6, 6.07) is 11.3. The van der Waals surface area contributed by atoms with Crippen LogP contribution in [0.15, 0.2) is 40.8 Å². The number of H-pyrrole nitrogens is 1. The van der Waals surface area contributed by atoms with Crippen molar-refractivity contribution in [2.75, 3.05) is 13.1 Å². The number of nitro groups is 1. The van der Waals surface area contributed by atoms with Crippen molar-refractivity contribution in [3.05, 3.63) is 63.5 Å². The number of piperidine rings is 1. The van der Waals surface area contributed by atoms with Crippen LogP contribution in [0.2, 0.25) is 0 Å². The van der Waals surface area contributed by atoms with Gasteiger partial charge in [0.1, 0.15) is 10.7 Å². The van der Waals surface area contributed by atoms with Gasteiger partial charge < -0.3 is 9.40 Å². The van der Waals surface area contributed by atoms with Gasteiger partial charge in [0.15, 0.2) is 0 Å². The molecule has 6 nitrogen and oxygen atoms in total. The van der Waals surface area contributed by atoms with Gasteiger partial charge in [0.2, 0.25) is 0 Å². The maximum atomic E-state index is 11.1. The minimum absolute atomic E-state index is 0.106. The Kier molecular flexibility index (Phi) is 4.05. The zero-order valence-corrected chi connectivity index (χ0v) is 14.2. The first-order chi connectivity index (χ1) is 12.1. The zero-order chi connectivity index (χ0) is 17.4. The van der Waals surface area contributed by atoms with E-state index >= 15 is 0 Å². The molecule has 1 aliphatic rings. The first-order valence-corrected chi connectivity index (χ1v) is 8.70. The molecular weight excluding hydrogens is 318 g/mol. The van der Waals surface area contributed by atoms with Gasteiger partial charge in [-0.15, -0.1) is 0 Å². The molecule has 4 rings (SSSR count). The number of aromatic amines is 1. The summed E-state index contributed by atoms with van der Waals surface area (Å²) in [6.45, 7) is 4.00. The van der Waals surface area contributed by atoms with Crippen LogP contribution in [0.3, 0.4) is 0 Å². The number of fused-ring (bicyclic) bond motifs is 1. The molecular formula is C19H21N3O3. The molecule has 0 amide bonds. The Morgan fingerprint density at radius 1 is 1.16 bits per heavy atom. The second kappa shape index (κ2) is 6.37. The Balaban J connectivity index is 1.86. The van der Waals surface area contributed by atoms with Gasteiger partial charge in [-0.25, -0.2) is 0 Å². The molecule has 1 aromatic carbocycles. The summed E-state index contributed by atoms with van der Waals surface area (Å²) in [6.07, 6.45) is 3.51. The monoisotopic (exact) mass is 339 g/mol. The average Bonchev–Trinajstić information content (AvgIpc) is 3.22. The largest absolute Gasteiger partial charge is 0.433 e. The summed E-state index contributed by atoms with van der Waals surface area (Å²) in [7, 11) is 0. The molecule has 3 aromatic rings. The van der Waals surface area contributed by atoms with Gasteiger partial charge in [0.25, 0.3) is 0 Å². The van der Waals surface area contributed by atoms with Gasteiger partial charge in [0.05, 0.1) is 12.1 Å². The van der Waals surface area contributed by atoms with Gasteiger partial charge in [-0.1, -0.05) is 24.6 Å². The van der Waals surface area contributed by atoms with Crippen molar-refractivity contribution in [1.29, 1.82) is 0 Å². The molecule has 130 valence electrons. The fourth-order valence-corrected chi connectivity index (χ4v) is 3.92. The predicted octanol–water partition coefficient (Wildman–Crippen LogP) is 4.55. The summed E-state index contributed by atoms with van der Waals surface area (Å²) in [5.74, 6) is 0.441. The van der Waals surface area contributed by atoms with Gasteiger partial charge in [0, 0.05) is 22.2 Å². The van der Waals surface area contributed by atoms with Gasteiger partial charge >= 0.3 is 5.88 Å². The van der Waals surface area contributed by atoms with E-state index < -0.39 is 4.92 Å². The third kappa shape index (κ3) is 2.82. The Hall–Kier alpha value is -2.60. The van der Waals surface area contributed by atoms with Crippen LogP contribution in [0.4, 0.5) is 5.88 Å². The number of furan rings is 1. The number of rotatable bonds is 4. The highest BCUT2D eigenvalue weighted by Crippen LogP contribution is 2.39. The highest BCUT2D eigenvalue weighted by Gasteiger charge is 2.31. The molecule has 2 aromatic heterocycles. The molecule has 1 atom stereocenters. The third-order valence-electron chi connectivity index (χ3n) is 5.03. The Labute approximate surface area is 145 Å². The van der Waals surface area contributed by atoms with E-state index in [1.165, 1.54) is 12.5 Å². The zero-order valence-electron chi connectivity index (χ0n) is 14.2. The third-order valence-corrected chi connectivity index (χ3v) is 5.03. The standard InChI is InChI=1S/C19H21N3O3/c1-13-18(14-7-3-4-8-15(14)20-13)19(21-11-5-2-6-12-21)16-9-10-17(25-16)22(23)24/h3-4,7-10,19-20H,2,5-6,11-12H2,1H3. The average molecular weight is 339 g/mol. The SMILES string of the molecule is Cc1[nH]c2ccccc2c1C(c1ccc([N+](=O)[O-])o1)N1CCCCC1. The van der Waals surface area contributed by atoms with Crippen molar-refractivity contribution in [3.8, 4) is 0 Å². The Bertz CT molecular complexity index is 906. The van der Waals surface area contributed by atoms with Crippen molar-refractivity contribution < 1.29 is 9.34 Å². The van der Waals surface area contributed by atoms with Crippen molar-refractivity contribution in [3.63, 3.8) is 0 Å². The minimum Gasteiger partial charge on any atom is -0.404 e. The van der Waals surface area contributed by atoms with Gasteiger partial charge in [-0.3, -0.25) is 15.0 Å². The van der Waals surface area contributed by atoms with Crippen LogP contribution in [-0.4, -0.2) is 27.9 Å². The lowest BCUT2D eigenvalue weighted by molar-refractivity contribution is -0.402. The van der Waals surface area contributed by atoms with Gasteiger partial charge in [-0.2, -0.15) is 0 Å². The number of aryl methyl sites for hydroxylation is 1. The molecule has 0 aliphatic carbocycles. The van der Waals surface area contributed by atoms with Gasteiger partial charge in [-0.05, 0) is 45.0 Å². The van der Waals surface area contributed by atoms with Crippen molar-refractivity contribution in [2.45, 2.75) is 32.2 Å². The van der Waals surface area contributed by atoms with Crippen LogP contribution >= 0.6 is 0 Å². The molecule has 1 fully saturated rings. The van der Waals surface area contributed by atoms with Crippen LogP contribution in [0.5, 0.6) is 0 Å². The second-order valence-corrected chi connectivity index (χ2v) is 6.64. The summed E-state index contributed by atoms with van der Waals surface area (Å²) < 4.78 is 5.63. The lowest BCUT2D eigenvalue weighted by atomic mass is 9.97. The van der Waals surface area contributed by atoms with Crippen molar-refractivity contribution >= 4 is 16.8 Å². The first-order valence-electron chi connectivity index (χ1n) is 8.70. The molecule has 0 bridgehead atoms. The van der Waals surface area contributed by atoms with E-state index in [-0.39, 0.29) is 11.9 Å². The maximum Gasteiger partial charge on any atom is 0.433 e. The van der Waals surface area contributed by atoms with Crippen LogP contribution in [-0.2, 0) is 0 Å². The van der Waals surface area contributed by atoms with Crippen LogP contribution in [0.25, 0.3) is 10.9 Å². The molecule has 6 heteroatoms. The lowest BCUT2D eigenvalue weighted by Crippen LogP contribution is -2.34. The summed E-state index contributed by atoms with van der Waals surface area (Å²) in [5, 5.41) is 12.2. The van der Waals surface area contributed by atoms with E-state index in [1.54, 1.807) is 6.07 Å². The Morgan fingerprint density at radius 2 is 1.92 bits per heavy atom. The number of aromatic nitrogens is 1. The van der Waals surface area contributed by atoms with Crippen molar-refractivity contribution in [1.82, 2.24) is 9.88 Å². The van der Waals surface area contributed by atoms with E-state index in [2.05, 4.69) is 28.9 Å². The van der Waals surface area contributed by atoms with Crippen LogP contribution in [0.1, 0.15) is 42.3 Å². The second-order valence-electron chi connectivity index (χ2n) is 6.64. The molecule has 1 saturated heterocycles. The van der Waals surface area contributed by atoms with E-state index in [4.69, 9.17) is 4.42 Å². The molecule has 1 N–H and O–H groups in total. The minimum atomic E-state index is -0.473. The smallest absolute Gasteiger partial charge is 0.404 e. The number of nitrogens with zero attached hydrogens (tertiary/aromatic N) is 2. The van der Waals surface area contributed by atoms with E-state index in [9.17, 15) is 10.1 Å². The number of nitrogens with one attached hydrogen (secondary N) is 1. The predicted molar refractivity (Wildman–Crippen MR) is 95.7 cm³/mol. The molecule has 0 saturated carbocycles.